The number of rotatable bonds is 2. The molecule has 2 saturated carbocycles. The van der Waals surface area contributed by atoms with Gasteiger partial charge in [0.2, 0.25) is 0 Å². The van der Waals surface area contributed by atoms with Gasteiger partial charge in [0.25, 0.3) is 0 Å². The SMILES string of the molecule is C.C.O=C[C@H]1COC2(CCCCC2)O1.O=S(=O)=O.O[CH-][C@H]1COC2(CCCCC2)O1.[Na+]. The Morgan fingerprint density at radius 3 is 1.58 bits per heavy atom. The second-order valence-corrected chi connectivity index (χ2v) is 7.77. The Hall–Kier alpha value is 0.0900. The van der Waals surface area contributed by atoms with Crippen molar-refractivity contribution in [1.29, 1.82) is 0 Å². The van der Waals surface area contributed by atoms with Crippen LogP contribution in [0.25, 0.3) is 0 Å². The summed E-state index contributed by atoms with van der Waals surface area (Å²) in [5.41, 5.74) is 0. The molecule has 2 aliphatic carbocycles. The summed E-state index contributed by atoms with van der Waals surface area (Å²) in [5, 5.41) is 8.75. The fourth-order valence-corrected chi connectivity index (χ4v) is 4.00. The second-order valence-electron chi connectivity index (χ2n) is 7.37. The monoisotopic (exact) mass is 476 g/mol. The number of aliphatic hydroxyl groups excluding tert-OH is 1. The fourth-order valence-electron chi connectivity index (χ4n) is 4.00. The Bertz CT molecular complexity index is 580. The molecule has 4 aliphatic rings. The molecule has 2 saturated heterocycles. The smallest absolute Gasteiger partial charge is 0.563 e. The third kappa shape index (κ3) is 11.2. The van der Waals surface area contributed by atoms with Gasteiger partial charge in [-0.05, 0) is 31.8 Å². The number of aliphatic hydroxyl groups is 1. The quantitative estimate of drug-likeness (QED) is 0.336. The van der Waals surface area contributed by atoms with Gasteiger partial charge in [-0.1, -0.05) is 27.7 Å². The van der Waals surface area contributed by atoms with Crippen molar-refractivity contribution in [3.63, 3.8) is 0 Å². The summed E-state index contributed by atoms with van der Waals surface area (Å²) in [4.78, 5) is 10.4. The molecule has 178 valence electrons. The van der Waals surface area contributed by atoms with Crippen LogP contribution in [-0.2, 0) is 34.4 Å². The number of aldehydes is 1. The molecule has 31 heavy (non-hydrogen) atoms. The van der Waals surface area contributed by atoms with Gasteiger partial charge in [-0.3, -0.25) is 0 Å². The fraction of sp³-hybridized carbons (Fsp3) is 0.900. The van der Waals surface area contributed by atoms with Gasteiger partial charge >= 0.3 is 40.2 Å². The Labute approximate surface area is 209 Å². The van der Waals surface area contributed by atoms with Gasteiger partial charge in [0.1, 0.15) is 6.10 Å². The van der Waals surface area contributed by atoms with Gasteiger partial charge in [-0.15, -0.1) is 12.6 Å². The molecule has 11 heteroatoms. The minimum absolute atomic E-state index is 0. The summed E-state index contributed by atoms with van der Waals surface area (Å²) >= 11 is 0. The third-order valence-corrected chi connectivity index (χ3v) is 5.30. The average Bonchev–Trinajstić information content (AvgIpc) is 3.27. The number of hydrogen-bond acceptors (Lipinski definition) is 9. The molecule has 0 radical (unpaired) electrons. The van der Waals surface area contributed by atoms with Crippen LogP contribution in [0.2, 0.25) is 0 Å². The van der Waals surface area contributed by atoms with E-state index in [4.69, 9.17) is 36.7 Å². The number of carbonyl (C=O) groups is 1. The topological polar surface area (TPSA) is 125 Å². The van der Waals surface area contributed by atoms with E-state index in [1.165, 1.54) is 25.7 Å². The predicted molar refractivity (Wildman–Crippen MR) is 109 cm³/mol. The molecule has 2 aliphatic heterocycles. The van der Waals surface area contributed by atoms with E-state index in [-0.39, 0.29) is 68.2 Å². The molecule has 0 aromatic rings. The van der Waals surface area contributed by atoms with Crippen molar-refractivity contribution in [2.45, 2.75) is 103 Å². The van der Waals surface area contributed by atoms with Crippen molar-refractivity contribution in [3.8, 4) is 0 Å². The Morgan fingerprint density at radius 2 is 1.23 bits per heavy atom. The first-order valence-electron chi connectivity index (χ1n) is 9.76. The molecule has 0 amide bonds. The van der Waals surface area contributed by atoms with Gasteiger partial charge in [0, 0.05) is 25.7 Å². The van der Waals surface area contributed by atoms with Crippen molar-refractivity contribution in [2.75, 3.05) is 13.2 Å². The van der Waals surface area contributed by atoms with Crippen molar-refractivity contribution >= 4 is 16.9 Å². The van der Waals surface area contributed by atoms with Gasteiger partial charge < -0.3 is 28.8 Å². The molecule has 0 unspecified atom stereocenters. The Morgan fingerprint density at radius 1 is 0.806 bits per heavy atom. The van der Waals surface area contributed by atoms with Crippen molar-refractivity contribution in [1.82, 2.24) is 0 Å². The van der Waals surface area contributed by atoms with E-state index in [1.807, 2.05) is 0 Å². The molecule has 4 rings (SSSR count). The maximum atomic E-state index is 10.4. The summed E-state index contributed by atoms with van der Waals surface area (Å²) in [5.74, 6) is -0.730. The average molecular weight is 477 g/mol. The molecule has 0 aromatic carbocycles. The number of ether oxygens (including phenoxy) is 4. The van der Waals surface area contributed by atoms with E-state index in [9.17, 15) is 4.79 Å². The molecule has 2 heterocycles. The van der Waals surface area contributed by atoms with Crippen molar-refractivity contribution in [2.24, 2.45) is 0 Å². The van der Waals surface area contributed by atoms with Crippen LogP contribution >= 0.6 is 0 Å². The van der Waals surface area contributed by atoms with Crippen LogP contribution in [-0.4, -0.2) is 61.0 Å². The minimum atomic E-state index is -3.11. The van der Waals surface area contributed by atoms with Gasteiger partial charge in [-0.2, -0.15) is 6.61 Å². The molecule has 1 N–H and O–H groups in total. The molecular formula is C20H37NaO9S. The molecule has 2 atom stereocenters. The van der Waals surface area contributed by atoms with Crippen molar-refractivity contribution < 1.29 is 71.0 Å². The zero-order valence-electron chi connectivity index (χ0n) is 16.9. The van der Waals surface area contributed by atoms with E-state index >= 15 is 0 Å². The van der Waals surface area contributed by atoms with Gasteiger partial charge in [0.15, 0.2) is 17.9 Å². The second kappa shape index (κ2) is 16.7. The number of hydrogen-bond donors (Lipinski definition) is 1. The summed E-state index contributed by atoms with van der Waals surface area (Å²) < 4.78 is 47.6. The standard InChI is InChI=1S/C9H15O3.C9H14O3.2CH4.Na.O3S/c2*10-6-8-7-11-9(12-8)4-2-1-3-5-9;;;;1-4(2)3/h6,8,10H,1-5,7H2;6,8H,1-5,7H2;2*1H4;;/q-1;;;;+1;/t2*8-;;;;/m00..../s1. The largest absolute Gasteiger partial charge is 1.00 e. The van der Waals surface area contributed by atoms with E-state index in [0.29, 0.717) is 13.2 Å². The van der Waals surface area contributed by atoms with Gasteiger partial charge in [0.05, 0.1) is 13.2 Å². The normalized spacial score (nSPS) is 27.1. The molecule has 2 spiro atoms. The van der Waals surface area contributed by atoms with Crippen LogP contribution in [0.3, 0.4) is 0 Å². The molecule has 0 bridgehead atoms. The summed E-state index contributed by atoms with van der Waals surface area (Å²) in [6.45, 7) is 2.04. The van der Waals surface area contributed by atoms with Crippen LogP contribution in [0.15, 0.2) is 0 Å². The molecular weight excluding hydrogens is 439 g/mol. The van der Waals surface area contributed by atoms with Crippen LogP contribution < -0.4 is 29.6 Å². The Balaban J connectivity index is 0. The van der Waals surface area contributed by atoms with E-state index in [2.05, 4.69) is 0 Å². The zero-order valence-corrected chi connectivity index (χ0v) is 19.7. The van der Waals surface area contributed by atoms with Crippen LogP contribution in [0, 0.1) is 6.61 Å². The van der Waals surface area contributed by atoms with Crippen LogP contribution in [0.1, 0.15) is 79.1 Å². The van der Waals surface area contributed by atoms with Crippen LogP contribution in [0.5, 0.6) is 0 Å². The zero-order chi connectivity index (χ0) is 20.5. The Kier molecular flexibility index (Phi) is 17.9. The maximum absolute atomic E-state index is 10.4. The van der Waals surface area contributed by atoms with Crippen molar-refractivity contribution in [3.05, 3.63) is 6.61 Å². The van der Waals surface area contributed by atoms with E-state index < -0.39 is 10.6 Å². The molecule has 4 fully saturated rings. The maximum Gasteiger partial charge on any atom is 1.00 e. The van der Waals surface area contributed by atoms with E-state index in [1.54, 1.807) is 0 Å². The first-order valence-corrected chi connectivity index (χ1v) is 10.8. The van der Waals surface area contributed by atoms with E-state index in [0.717, 1.165) is 51.4 Å². The van der Waals surface area contributed by atoms with Crippen LogP contribution in [0.4, 0.5) is 0 Å². The third-order valence-electron chi connectivity index (χ3n) is 5.30. The first-order chi connectivity index (χ1) is 13.4. The minimum Gasteiger partial charge on any atom is -0.563 e. The summed E-state index contributed by atoms with van der Waals surface area (Å²) in [6, 6.07) is 0. The predicted octanol–water partition coefficient (Wildman–Crippen LogP) is 0.130. The van der Waals surface area contributed by atoms with Gasteiger partial charge in [-0.25, -0.2) is 0 Å². The summed E-state index contributed by atoms with van der Waals surface area (Å²) in [7, 11) is -3.11. The molecule has 0 aromatic heterocycles. The summed E-state index contributed by atoms with van der Waals surface area (Å²) in [6.07, 6.45) is 11.4. The first kappa shape index (κ1) is 33.3. The number of carbonyl (C=O) groups excluding carboxylic acids is 1. The molecule has 9 nitrogen and oxygen atoms in total.